The molecule has 0 fully saturated rings. The summed E-state index contributed by atoms with van der Waals surface area (Å²) in [5.41, 5.74) is 2.21. The van der Waals surface area contributed by atoms with Gasteiger partial charge < -0.3 is 10.2 Å². The molecule has 1 heterocycles. The van der Waals surface area contributed by atoms with E-state index in [0.29, 0.717) is 23.3 Å². The second-order valence-electron chi connectivity index (χ2n) is 5.95. The average molecular weight is 390 g/mol. The molecule has 140 valence electrons. The SMILES string of the molecule is CCn1nnc2cc(C(=O)N(C)CC(=O)Nc3ccc(F)c(Cl)c3)ccc21. The van der Waals surface area contributed by atoms with Crippen LogP contribution in [0.1, 0.15) is 17.3 Å². The Labute approximate surface area is 159 Å². The maximum absolute atomic E-state index is 13.2. The number of hydrogen-bond donors (Lipinski definition) is 1. The van der Waals surface area contributed by atoms with E-state index in [1.54, 1.807) is 22.9 Å². The van der Waals surface area contributed by atoms with Crippen LogP contribution in [0, 0.1) is 5.82 Å². The molecule has 0 aliphatic rings. The third-order valence-corrected chi connectivity index (χ3v) is 4.28. The molecule has 3 aromatic rings. The highest BCUT2D eigenvalue weighted by atomic mass is 35.5. The number of carbonyl (C=O) groups is 2. The Hall–Kier alpha value is -3.00. The van der Waals surface area contributed by atoms with Crippen molar-refractivity contribution in [3.05, 3.63) is 52.8 Å². The second kappa shape index (κ2) is 7.71. The molecule has 0 aliphatic carbocycles. The first-order chi connectivity index (χ1) is 12.9. The van der Waals surface area contributed by atoms with E-state index < -0.39 is 11.7 Å². The van der Waals surface area contributed by atoms with Crippen LogP contribution < -0.4 is 5.32 Å². The summed E-state index contributed by atoms with van der Waals surface area (Å²) in [4.78, 5) is 26.0. The molecule has 2 amide bonds. The number of aryl methyl sites for hydroxylation is 1. The number of carbonyl (C=O) groups excluding carboxylic acids is 2. The minimum atomic E-state index is -0.572. The lowest BCUT2D eigenvalue weighted by Gasteiger charge is -2.17. The van der Waals surface area contributed by atoms with Crippen molar-refractivity contribution in [3.63, 3.8) is 0 Å². The number of nitrogens with one attached hydrogen (secondary N) is 1. The van der Waals surface area contributed by atoms with Crippen LogP contribution in [0.5, 0.6) is 0 Å². The van der Waals surface area contributed by atoms with Gasteiger partial charge in [-0.15, -0.1) is 5.10 Å². The van der Waals surface area contributed by atoms with Crippen LogP contribution in [0.3, 0.4) is 0 Å². The number of hydrogen-bond acceptors (Lipinski definition) is 4. The first-order valence-electron chi connectivity index (χ1n) is 8.22. The van der Waals surface area contributed by atoms with Gasteiger partial charge in [0.1, 0.15) is 11.3 Å². The molecule has 0 radical (unpaired) electrons. The number of fused-ring (bicyclic) bond motifs is 1. The van der Waals surface area contributed by atoms with Crippen LogP contribution in [-0.2, 0) is 11.3 Å². The quantitative estimate of drug-likeness (QED) is 0.727. The summed E-state index contributed by atoms with van der Waals surface area (Å²) in [6.07, 6.45) is 0. The van der Waals surface area contributed by atoms with Crippen molar-refractivity contribution in [3.8, 4) is 0 Å². The molecular formula is C18H17ClFN5O2. The summed E-state index contributed by atoms with van der Waals surface area (Å²) in [5, 5.41) is 10.5. The van der Waals surface area contributed by atoms with Gasteiger partial charge in [0.15, 0.2) is 0 Å². The molecule has 27 heavy (non-hydrogen) atoms. The Bertz CT molecular complexity index is 1020. The molecule has 1 aromatic heterocycles. The predicted molar refractivity (Wildman–Crippen MR) is 100 cm³/mol. The fourth-order valence-electron chi connectivity index (χ4n) is 2.62. The summed E-state index contributed by atoms with van der Waals surface area (Å²) < 4.78 is 14.9. The number of anilines is 1. The van der Waals surface area contributed by atoms with Gasteiger partial charge in [-0.3, -0.25) is 9.59 Å². The summed E-state index contributed by atoms with van der Waals surface area (Å²) in [5.74, 6) is -1.32. The molecular weight excluding hydrogens is 373 g/mol. The predicted octanol–water partition coefficient (Wildman–Crippen LogP) is 2.95. The standard InChI is InChI=1S/C18H17ClFN5O2/c1-3-25-16-7-4-11(8-15(16)22-23-25)18(27)24(2)10-17(26)21-12-5-6-14(20)13(19)9-12/h4-9H,3,10H2,1-2H3,(H,21,26). The molecule has 0 spiro atoms. The zero-order valence-corrected chi connectivity index (χ0v) is 15.5. The molecule has 0 bridgehead atoms. The Kier molecular flexibility index (Phi) is 5.36. The van der Waals surface area contributed by atoms with E-state index in [4.69, 9.17) is 11.6 Å². The van der Waals surface area contributed by atoms with Gasteiger partial charge >= 0.3 is 0 Å². The summed E-state index contributed by atoms with van der Waals surface area (Å²) in [6.45, 7) is 2.46. The van der Waals surface area contributed by atoms with E-state index in [2.05, 4.69) is 15.6 Å². The Balaban J connectivity index is 1.67. The highest BCUT2D eigenvalue weighted by Gasteiger charge is 2.17. The number of amides is 2. The van der Waals surface area contributed by atoms with Crippen molar-refractivity contribution in [1.29, 1.82) is 0 Å². The highest BCUT2D eigenvalue weighted by molar-refractivity contribution is 6.31. The highest BCUT2D eigenvalue weighted by Crippen LogP contribution is 2.19. The number of rotatable bonds is 5. The van der Waals surface area contributed by atoms with Gasteiger partial charge in [0, 0.05) is 24.8 Å². The summed E-state index contributed by atoms with van der Waals surface area (Å²) >= 11 is 5.69. The van der Waals surface area contributed by atoms with Crippen LogP contribution in [0.25, 0.3) is 11.0 Å². The fourth-order valence-corrected chi connectivity index (χ4v) is 2.80. The lowest BCUT2D eigenvalue weighted by Crippen LogP contribution is -2.34. The van der Waals surface area contributed by atoms with Crippen molar-refractivity contribution in [2.24, 2.45) is 0 Å². The second-order valence-corrected chi connectivity index (χ2v) is 6.35. The van der Waals surface area contributed by atoms with E-state index in [9.17, 15) is 14.0 Å². The molecule has 0 aliphatic heterocycles. The van der Waals surface area contributed by atoms with Crippen molar-refractivity contribution < 1.29 is 14.0 Å². The lowest BCUT2D eigenvalue weighted by atomic mass is 10.1. The van der Waals surface area contributed by atoms with Crippen molar-refractivity contribution >= 4 is 40.1 Å². The zero-order chi connectivity index (χ0) is 19.6. The Morgan fingerprint density at radius 2 is 2.04 bits per heavy atom. The van der Waals surface area contributed by atoms with E-state index >= 15 is 0 Å². The molecule has 0 saturated heterocycles. The number of aromatic nitrogens is 3. The zero-order valence-electron chi connectivity index (χ0n) is 14.7. The van der Waals surface area contributed by atoms with Crippen molar-refractivity contribution in [2.75, 3.05) is 18.9 Å². The Morgan fingerprint density at radius 3 is 2.74 bits per heavy atom. The van der Waals surface area contributed by atoms with E-state index in [1.165, 1.54) is 24.1 Å². The largest absolute Gasteiger partial charge is 0.332 e. The van der Waals surface area contributed by atoms with Gasteiger partial charge in [-0.2, -0.15) is 0 Å². The first-order valence-corrected chi connectivity index (χ1v) is 8.60. The number of halogens is 2. The molecule has 7 nitrogen and oxygen atoms in total. The van der Waals surface area contributed by atoms with E-state index in [-0.39, 0.29) is 17.5 Å². The van der Waals surface area contributed by atoms with Gasteiger partial charge in [-0.1, -0.05) is 16.8 Å². The lowest BCUT2D eigenvalue weighted by molar-refractivity contribution is -0.116. The first kappa shape index (κ1) is 18.8. The fraction of sp³-hybridized carbons (Fsp3) is 0.222. The van der Waals surface area contributed by atoms with Gasteiger partial charge in [0.2, 0.25) is 5.91 Å². The van der Waals surface area contributed by atoms with Gasteiger partial charge in [-0.25, -0.2) is 9.07 Å². The third kappa shape index (κ3) is 4.06. The van der Waals surface area contributed by atoms with Crippen molar-refractivity contribution in [2.45, 2.75) is 13.5 Å². The maximum Gasteiger partial charge on any atom is 0.254 e. The number of likely N-dealkylation sites (N-methyl/N-ethyl adjacent to an activating group) is 1. The maximum atomic E-state index is 13.2. The Morgan fingerprint density at radius 1 is 1.26 bits per heavy atom. The molecule has 2 aromatic carbocycles. The normalized spacial score (nSPS) is 10.8. The number of nitrogens with zero attached hydrogens (tertiary/aromatic N) is 4. The van der Waals surface area contributed by atoms with Gasteiger partial charge in [-0.05, 0) is 43.3 Å². The van der Waals surface area contributed by atoms with Crippen LogP contribution in [-0.4, -0.2) is 45.3 Å². The van der Waals surface area contributed by atoms with Gasteiger partial charge in [0.05, 0.1) is 17.1 Å². The van der Waals surface area contributed by atoms with Gasteiger partial charge in [0.25, 0.3) is 5.91 Å². The van der Waals surface area contributed by atoms with Crippen LogP contribution in [0.15, 0.2) is 36.4 Å². The minimum absolute atomic E-state index is 0.0920. The average Bonchev–Trinajstić information content (AvgIpc) is 3.06. The summed E-state index contributed by atoms with van der Waals surface area (Å²) in [6, 6.07) is 8.96. The smallest absolute Gasteiger partial charge is 0.254 e. The molecule has 0 saturated carbocycles. The molecule has 9 heteroatoms. The molecule has 0 unspecified atom stereocenters. The van der Waals surface area contributed by atoms with E-state index in [1.807, 2.05) is 6.92 Å². The van der Waals surface area contributed by atoms with Crippen molar-refractivity contribution in [1.82, 2.24) is 19.9 Å². The monoisotopic (exact) mass is 389 g/mol. The van der Waals surface area contributed by atoms with E-state index in [0.717, 1.165) is 11.6 Å². The number of benzene rings is 2. The van der Waals surface area contributed by atoms with Crippen LogP contribution >= 0.6 is 11.6 Å². The molecule has 0 atom stereocenters. The van der Waals surface area contributed by atoms with Crippen LogP contribution in [0.2, 0.25) is 5.02 Å². The molecule has 1 N–H and O–H groups in total. The van der Waals surface area contributed by atoms with Crippen LogP contribution in [0.4, 0.5) is 10.1 Å². The topological polar surface area (TPSA) is 80.1 Å². The third-order valence-electron chi connectivity index (χ3n) is 3.99. The minimum Gasteiger partial charge on any atom is -0.332 e. The molecule has 3 rings (SSSR count). The summed E-state index contributed by atoms with van der Waals surface area (Å²) in [7, 11) is 1.52.